The van der Waals surface area contributed by atoms with Gasteiger partial charge in [0.2, 0.25) is 0 Å². The number of morpholine rings is 1. The third-order valence-corrected chi connectivity index (χ3v) is 5.21. The lowest BCUT2D eigenvalue weighted by atomic mass is 10.0. The zero-order valence-electron chi connectivity index (χ0n) is 16.3. The van der Waals surface area contributed by atoms with Gasteiger partial charge in [-0.2, -0.15) is 5.10 Å². The van der Waals surface area contributed by atoms with Crippen LogP contribution in [-0.2, 0) is 26.4 Å². The number of amides is 2. The van der Waals surface area contributed by atoms with Gasteiger partial charge in [-0.15, -0.1) is 4.68 Å². The van der Waals surface area contributed by atoms with Crippen molar-refractivity contribution in [3.8, 4) is 0 Å². The lowest BCUT2D eigenvalue weighted by Crippen LogP contribution is -2.46. The van der Waals surface area contributed by atoms with E-state index in [4.69, 9.17) is 21.1 Å². The van der Waals surface area contributed by atoms with Crippen LogP contribution in [0.25, 0.3) is 0 Å². The monoisotopic (exact) mass is 413 g/mol. The molecular formula is C17H24ClN5O5. The van der Waals surface area contributed by atoms with Gasteiger partial charge in [0.1, 0.15) is 11.9 Å². The normalized spacial score (nSPS) is 21.3. The molecule has 10 nitrogen and oxygen atoms in total. The summed E-state index contributed by atoms with van der Waals surface area (Å²) in [6.45, 7) is 7.09. The molecule has 3 heterocycles. The van der Waals surface area contributed by atoms with Crippen LogP contribution < -0.4 is 5.32 Å². The standard InChI is InChI=1S/C17H24ClN5O5/c1-5-27-16(26)23-13(19-14(24)11-9-21(4)6-7-28-11)10-8-22(15(18)25)17(2,3)12(10)20-23/h11H,5-9H2,1-4H3,(H,19,24). The second-order valence-electron chi connectivity index (χ2n) is 7.30. The van der Waals surface area contributed by atoms with Gasteiger partial charge in [-0.05, 0) is 39.4 Å². The molecule has 1 aromatic rings. The van der Waals surface area contributed by atoms with Crippen molar-refractivity contribution in [2.24, 2.45) is 0 Å². The first kappa shape index (κ1) is 20.6. The van der Waals surface area contributed by atoms with Crippen LogP contribution in [0, 0.1) is 0 Å². The minimum Gasteiger partial charge on any atom is -0.448 e. The van der Waals surface area contributed by atoms with Crippen molar-refractivity contribution in [1.29, 1.82) is 0 Å². The van der Waals surface area contributed by atoms with E-state index in [1.807, 2.05) is 11.9 Å². The van der Waals surface area contributed by atoms with Gasteiger partial charge in [0.25, 0.3) is 5.91 Å². The molecule has 3 rings (SSSR count). The maximum absolute atomic E-state index is 12.8. The Bertz CT molecular complexity index is 808. The van der Waals surface area contributed by atoms with Crippen molar-refractivity contribution < 1.29 is 23.9 Å². The molecule has 1 N–H and O–H groups in total. The van der Waals surface area contributed by atoms with Crippen LogP contribution in [0.15, 0.2) is 0 Å². The number of carbonyl (C=O) groups is 3. The first-order chi connectivity index (χ1) is 13.2. The number of ether oxygens (including phenoxy) is 2. The molecule has 1 aromatic heterocycles. The Kier molecular flexibility index (Phi) is 5.64. The molecule has 1 atom stereocenters. The number of rotatable bonds is 3. The van der Waals surface area contributed by atoms with E-state index in [-0.39, 0.29) is 19.0 Å². The molecule has 1 unspecified atom stereocenters. The van der Waals surface area contributed by atoms with E-state index >= 15 is 0 Å². The number of halogens is 1. The number of hydrogen-bond donors (Lipinski definition) is 1. The largest absolute Gasteiger partial charge is 0.448 e. The second-order valence-corrected chi connectivity index (χ2v) is 7.62. The minimum absolute atomic E-state index is 0.116. The third kappa shape index (κ3) is 3.59. The maximum atomic E-state index is 12.8. The van der Waals surface area contributed by atoms with E-state index in [9.17, 15) is 14.4 Å². The fourth-order valence-corrected chi connectivity index (χ4v) is 3.71. The topological polar surface area (TPSA) is 106 Å². The summed E-state index contributed by atoms with van der Waals surface area (Å²) in [6, 6.07) is 0. The Balaban J connectivity index is 1.96. The summed E-state index contributed by atoms with van der Waals surface area (Å²) in [6.07, 6.45) is -1.39. The van der Waals surface area contributed by atoms with Crippen molar-refractivity contribution in [2.45, 2.75) is 39.0 Å². The molecule has 2 amide bonds. The fourth-order valence-electron chi connectivity index (χ4n) is 3.44. The van der Waals surface area contributed by atoms with Crippen LogP contribution in [0.4, 0.5) is 15.4 Å². The van der Waals surface area contributed by atoms with Gasteiger partial charge in [0.15, 0.2) is 0 Å². The number of likely N-dealkylation sites (N-methyl/N-ethyl adjacent to an activating group) is 1. The van der Waals surface area contributed by atoms with E-state index < -0.39 is 29.0 Å². The summed E-state index contributed by atoms with van der Waals surface area (Å²) in [7, 11) is 1.90. The summed E-state index contributed by atoms with van der Waals surface area (Å²) in [5, 5.41) is 6.44. The predicted molar refractivity (Wildman–Crippen MR) is 100 cm³/mol. The molecule has 0 spiro atoms. The number of nitrogens with one attached hydrogen (secondary N) is 1. The van der Waals surface area contributed by atoms with Gasteiger partial charge in [-0.25, -0.2) is 4.79 Å². The average molecular weight is 414 g/mol. The fraction of sp³-hybridized carbons (Fsp3) is 0.647. The van der Waals surface area contributed by atoms with Crippen molar-refractivity contribution >= 4 is 34.8 Å². The van der Waals surface area contributed by atoms with Gasteiger partial charge in [-0.1, -0.05) is 0 Å². The number of aromatic nitrogens is 2. The van der Waals surface area contributed by atoms with Crippen molar-refractivity contribution in [3.63, 3.8) is 0 Å². The molecule has 1 saturated heterocycles. The van der Waals surface area contributed by atoms with Crippen molar-refractivity contribution in [3.05, 3.63) is 11.3 Å². The highest BCUT2D eigenvalue weighted by molar-refractivity contribution is 6.62. The Morgan fingerprint density at radius 1 is 1.39 bits per heavy atom. The first-order valence-electron chi connectivity index (χ1n) is 9.04. The minimum atomic E-state index is -0.840. The van der Waals surface area contributed by atoms with Crippen LogP contribution in [0.2, 0.25) is 0 Å². The number of hydrogen-bond acceptors (Lipinski definition) is 7. The molecule has 28 heavy (non-hydrogen) atoms. The molecule has 0 aromatic carbocycles. The Labute approximate surface area is 167 Å². The third-order valence-electron chi connectivity index (χ3n) is 5.01. The highest BCUT2D eigenvalue weighted by Gasteiger charge is 2.46. The molecule has 154 valence electrons. The van der Waals surface area contributed by atoms with E-state index in [2.05, 4.69) is 10.4 Å². The first-order valence-corrected chi connectivity index (χ1v) is 9.42. The summed E-state index contributed by atoms with van der Waals surface area (Å²) in [5.74, 6) is -0.225. The molecule has 2 aliphatic heterocycles. The number of carbonyl (C=O) groups excluding carboxylic acids is 3. The van der Waals surface area contributed by atoms with Gasteiger partial charge < -0.3 is 24.6 Å². The highest BCUT2D eigenvalue weighted by atomic mass is 35.5. The lowest BCUT2D eigenvalue weighted by Gasteiger charge is -2.30. The van der Waals surface area contributed by atoms with Gasteiger partial charge in [0, 0.05) is 18.7 Å². The molecule has 1 fully saturated rings. The quantitative estimate of drug-likeness (QED) is 0.592. The Morgan fingerprint density at radius 3 is 2.71 bits per heavy atom. The average Bonchev–Trinajstić information content (AvgIpc) is 3.10. The summed E-state index contributed by atoms with van der Waals surface area (Å²) in [4.78, 5) is 40.4. The van der Waals surface area contributed by atoms with Gasteiger partial charge in [0.05, 0.1) is 31.0 Å². The molecule has 0 saturated carbocycles. The predicted octanol–water partition coefficient (Wildman–Crippen LogP) is 1.57. The Hall–Kier alpha value is -2.17. The smallest absolute Gasteiger partial charge is 0.436 e. The van der Waals surface area contributed by atoms with Crippen LogP contribution in [0.1, 0.15) is 32.0 Å². The summed E-state index contributed by atoms with van der Waals surface area (Å²) in [5.41, 5.74) is 0.184. The van der Waals surface area contributed by atoms with Gasteiger partial charge in [-0.3, -0.25) is 9.59 Å². The summed E-state index contributed by atoms with van der Waals surface area (Å²) < 4.78 is 11.6. The second kappa shape index (κ2) is 7.69. The molecule has 11 heteroatoms. The van der Waals surface area contributed by atoms with Crippen LogP contribution in [0.5, 0.6) is 0 Å². The number of fused-ring (bicyclic) bond motifs is 1. The Morgan fingerprint density at radius 2 is 2.11 bits per heavy atom. The van der Waals surface area contributed by atoms with E-state index in [0.717, 1.165) is 11.2 Å². The molecular weight excluding hydrogens is 390 g/mol. The van der Waals surface area contributed by atoms with Crippen molar-refractivity contribution in [2.75, 3.05) is 38.7 Å². The summed E-state index contributed by atoms with van der Waals surface area (Å²) >= 11 is 5.71. The molecule has 0 aliphatic carbocycles. The zero-order chi connectivity index (χ0) is 20.6. The number of anilines is 1. The molecule has 0 bridgehead atoms. The van der Waals surface area contributed by atoms with Gasteiger partial charge >= 0.3 is 11.5 Å². The lowest BCUT2D eigenvalue weighted by molar-refractivity contribution is -0.132. The van der Waals surface area contributed by atoms with Crippen LogP contribution >= 0.6 is 11.6 Å². The zero-order valence-corrected chi connectivity index (χ0v) is 17.1. The number of nitrogens with zero attached hydrogens (tertiary/aromatic N) is 4. The van der Waals surface area contributed by atoms with Crippen molar-refractivity contribution in [1.82, 2.24) is 19.6 Å². The highest BCUT2D eigenvalue weighted by Crippen LogP contribution is 2.42. The van der Waals surface area contributed by atoms with E-state index in [1.54, 1.807) is 20.8 Å². The SMILES string of the molecule is CCOC(=O)n1nc2c(c1NC(=O)C1CN(C)CCO1)CN(C(=O)Cl)C2(C)C. The van der Waals surface area contributed by atoms with Crippen LogP contribution in [-0.4, -0.2) is 76.4 Å². The maximum Gasteiger partial charge on any atom is 0.436 e. The molecule has 2 aliphatic rings. The van der Waals surface area contributed by atoms with E-state index in [1.165, 1.54) is 4.90 Å². The van der Waals surface area contributed by atoms with E-state index in [0.29, 0.717) is 24.4 Å². The van der Waals surface area contributed by atoms with Crippen LogP contribution in [0.3, 0.4) is 0 Å². The molecule has 0 radical (unpaired) electrons.